The Morgan fingerprint density at radius 3 is 2.42 bits per heavy atom. The molecule has 1 aromatic rings. The lowest BCUT2D eigenvalue weighted by atomic mass is 10.1. The van der Waals surface area contributed by atoms with Crippen LogP contribution in [0.15, 0.2) is 28.7 Å². The van der Waals surface area contributed by atoms with Crippen LogP contribution >= 0.6 is 28.3 Å². The predicted molar refractivity (Wildman–Crippen MR) is 58.9 cm³/mol. The molecule has 0 fully saturated rings. The second-order valence-corrected chi connectivity index (χ2v) is 3.39. The van der Waals surface area contributed by atoms with Crippen LogP contribution in [-0.4, -0.2) is 7.05 Å². The highest BCUT2D eigenvalue weighted by Gasteiger charge is 2.04. The van der Waals surface area contributed by atoms with E-state index in [0.29, 0.717) is 6.04 Å². The fourth-order valence-electron chi connectivity index (χ4n) is 0.982. The predicted octanol–water partition coefficient (Wildman–Crippen LogP) is 3.15. The van der Waals surface area contributed by atoms with Crippen LogP contribution in [0.1, 0.15) is 18.5 Å². The largest absolute Gasteiger partial charge is 0.313 e. The summed E-state index contributed by atoms with van der Waals surface area (Å²) in [6, 6.07) is 8.66. The Bertz CT molecular complexity index is 240. The highest BCUT2D eigenvalue weighted by molar-refractivity contribution is 9.10. The van der Waals surface area contributed by atoms with E-state index in [-0.39, 0.29) is 12.4 Å². The molecule has 0 radical (unpaired) electrons. The van der Waals surface area contributed by atoms with Crippen LogP contribution in [0.4, 0.5) is 0 Å². The summed E-state index contributed by atoms with van der Waals surface area (Å²) in [5, 5.41) is 3.19. The fourth-order valence-corrected chi connectivity index (χ4v) is 1.61. The molecule has 0 saturated carbocycles. The van der Waals surface area contributed by atoms with E-state index >= 15 is 0 Å². The van der Waals surface area contributed by atoms with E-state index in [1.165, 1.54) is 10.0 Å². The second-order valence-electron chi connectivity index (χ2n) is 2.53. The van der Waals surface area contributed by atoms with Crippen LogP contribution < -0.4 is 5.32 Å². The van der Waals surface area contributed by atoms with Gasteiger partial charge in [-0.2, -0.15) is 0 Å². The molecule has 0 bridgehead atoms. The maximum Gasteiger partial charge on any atom is 0.0300 e. The molecule has 1 nitrogen and oxygen atoms in total. The van der Waals surface area contributed by atoms with Gasteiger partial charge in [0.2, 0.25) is 0 Å². The lowest BCUT2D eigenvalue weighted by Crippen LogP contribution is -2.12. The minimum atomic E-state index is 0. The van der Waals surface area contributed by atoms with Gasteiger partial charge in [0.05, 0.1) is 0 Å². The van der Waals surface area contributed by atoms with Crippen molar-refractivity contribution in [1.29, 1.82) is 0 Å². The van der Waals surface area contributed by atoms with E-state index in [2.05, 4.69) is 40.3 Å². The number of halogens is 2. The highest BCUT2D eigenvalue weighted by Crippen LogP contribution is 2.21. The summed E-state index contributed by atoms with van der Waals surface area (Å²) in [6.45, 7) is 2.14. The van der Waals surface area contributed by atoms with Crippen LogP contribution in [-0.2, 0) is 0 Å². The fraction of sp³-hybridized carbons (Fsp3) is 0.333. The number of nitrogens with one attached hydrogen (secondary N) is 1. The van der Waals surface area contributed by atoms with E-state index in [9.17, 15) is 0 Å². The number of hydrogen-bond acceptors (Lipinski definition) is 1. The van der Waals surface area contributed by atoms with Crippen molar-refractivity contribution in [3.8, 4) is 0 Å². The topological polar surface area (TPSA) is 12.0 Å². The van der Waals surface area contributed by atoms with E-state index in [4.69, 9.17) is 0 Å². The summed E-state index contributed by atoms with van der Waals surface area (Å²) < 4.78 is 1.17. The summed E-state index contributed by atoms with van der Waals surface area (Å²) in [6.07, 6.45) is 0. The van der Waals surface area contributed by atoms with Gasteiger partial charge in [0.25, 0.3) is 0 Å². The van der Waals surface area contributed by atoms with Gasteiger partial charge in [-0.25, -0.2) is 0 Å². The van der Waals surface area contributed by atoms with Gasteiger partial charge in [-0.05, 0) is 25.6 Å². The molecule has 0 aliphatic carbocycles. The third-order valence-corrected chi connectivity index (χ3v) is 2.53. The zero-order valence-electron chi connectivity index (χ0n) is 7.17. The SMILES string of the molecule is CN[C@H](C)c1ccccc1Br.Cl. The van der Waals surface area contributed by atoms with Crippen LogP contribution in [0, 0.1) is 0 Å². The van der Waals surface area contributed by atoms with Crippen molar-refractivity contribution in [3.05, 3.63) is 34.3 Å². The molecule has 12 heavy (non-hydrogen) atoms. The Morgan fingerprint density at radius 2 is 1.92 bits per heavy atom. The Morgan fingerprint density at radius 1 is 1.33 bits per heavy atom. The Kier molecular flexibility index (Phi) is 5.55. The van der Waals surface area contributed by atoms with E-state index in [0.717, 1.165) is 0 Å². The normalized spacial score (nSPS) is 11.9. The summed E-state index contributed by atoms with van der Waals surface area (Å²) >= 11 is 3.50. The van der Waals surface area contributed by atoms with Gasteiger partial charge in [-0.1, -0.05) is 34.1 Å². The Hall–Kier alpha value is -0.0500. The van der Waals surface area contributed by atoms with Crippen molar-refractivity contribution in [2.45, 2.75) is 13.0 Å². The van der Waals surface area contributed by atoms with Crippen LogP contribution in [0.25, 0.3) is 0 Å². The molecule has 0 aliphatic heterocycles. The summed E-state index contributed by atoms with van der Waals surface area (Å²) in [7, 11) is 1.96. The zero-order valence-corrected chi connectivity index (χ0v) is 9.58. The van der Waals surface area contributed by atoms with Gasteiger partial charge in [-0.15, -0.1) is 12.4 Å². The van der Waals surface area contributed by atoms with E-state index in [1.54, 1.807) is 0 Å². The first-order chi connectivity index (χ1) is 5.25. The molecule has 0 aromatic heterocycles. The summed E-state index contributed by atoms with van der Waals surface area (Å²) in [5.41, 5.74) is 1.30. The van der Waals surface area contributed by atoms with Crippen molar-refractivity contribution < 1.29 is 0 Å². The lowest BCUT2D eigenvalue weighted by Gasteiger charge is -2.11. The third-order valence-electron chi connectivity index (χ3n) is 1.80. The van der Waals surface area contributed by atoms with Crippen LogP contribution in [0.2, 0.25) is 0 Å². The Labute approximate surface area is 88.1 Å². The van der Waals surface area contributed by atoms with Crippen LogP contribution in [0.3, 0.4) is 0 Å². The number of hydrogen-bond donors (Lipinski definition) is 1. The van der Waals surface area contributed by atoms with Crippen LogP contribution in [0.5, 0.6) is 0 Å². The third kappa shape index (κ3) is 2.77. The van der Waals surface area contributed by atoms with Crippen molar-refractivity contribution in [2.24, 2.45) is 0 Å². The zero-order chi connectivity index (χ0) is 8.27. The standard InChI is InChI=1S/C9H12BrN.ClH/c1-7(11-2)8-5-3-4-6-9(8)10;/h3-7,11H,1-2H3;1H/t7-;/m1./s1. The average molecular weight is 251 g/mol. The lowest BCUT2D eigenvalue weighted by molar-refractivity contribution is 0.649. The molecule has 0 saturated heterocycles. The number of rotatable bonds is 2. The van der Waals surface area contributed by atoms with Crippen molar-refractivity contribution in [2.75, 3.05) is 7.05 Å². The summed E-state index contributed by atoms with van der Waals surface area (Å²) in [5.74, 6) is 0. The maximum atomic E-state index is 3.50. The molecule has 0 aliphatic rings. The Balaban J connectivity index is 0.00000121. The molecule has 1 aromatic carbocycles. The summed E-state index contributed by atoms with van der Waals surface area (Å²) in [4.78, 5) is 0. The molecule has 1 rings (SSSR count). The molecular formula is C9H13BrClN. The molecule has 1 atom stereocenters. The van der Waals surface area contributed by atoms with E-state index < -0.39 is 0 Å². The van der Waals surface area contributed by atoms with Crippen molar-refractivity contribution in [3.63, 3.8) is 0 Å². The molecule has 0 heterocycles. The first kappa shape index (κ1) is 11.9. The maximum absolute atomic E-state index is 3.50. The minimum Gasteiger partial charge on any atom is -0.313 e. The van der Waals surface area contributed by atoms with Gasteiger partial charge in [0, 0.05) is 10.5 Å². The average Bonchev–Trinajstić information content (AvgIpc) is 2.04. The molecule has 0 amide bonds. The minimum absolute atomic E-state index is 0. The smallest absolute Gasteiger partial charge is 0.0300 e. The molecular weight excluding hydrogens is 237 g/mol. The molecule has 68 valence electrons. The first-order valence-corrected chi connectivity index (χ1v) is 4.46. The molecule has 0 spiro atoms. The van der Waals surface area contributed by atoms with Gasteiger partial charge >= 0.3 is 0 Å². The highest BCUT2D eigenvalue weighted by atomic mass is 79.9. The van der Waals surface area contributed by atoms with Gasteiger partial charge in [-0.3, -0.25) is 0 Å². The van der Waals surface area contributed by atoms with Gasteiger partial charge in [0.1, 0.15) is 0 Å². The van der Waals surface area contributed by atoms with Gasteiger partial charge in [0.15, 0.2) is 0 Å². The van der Waals surface area contributed by atoms with Crippen molar-refractivity contribution in [1.82, 2.24) is 5.32 Å². The second kappa shape index (κ2) is 5.57. The monoisotopic (exact) mass is 249 g/mol. The quantitative estimate of drug-likeness (QED) is 0.850. The molecule has 1 N–H and O–H groups in total. The van der Waals surface area contributed by atoms with E-state index in [1.807, 2.05) is 19.2 Å². The number of benzene rings is 1. The first-order valence-electron chi connectivity index (χ1n) is 3.67. The molecule has 0 unspecified atom stereocenters. The molecule has 3 heteroatoms. The van der Waals surface area contributed by atoms with Gasteiger partial charge < -0.3 is 5.32 Å². The van der Waals surface area contributed by atoms with Crippen molar-refractivity contribution >= 4 is 28.3 Å².